The molecule has 3 N–H and O–H groups in total. The summed E-state index contributed by atoms with van der Waals surface area (Å²) < 4.78 is 47.4. The molecule has 15 heteroatoms. The number of benzene rings is 1. The Labute approximate surface area is 221 Å². The van der Waals surface area contributed by atoms with Crippen molar-refractivity contribution in [2.24, 2.45) is 0 Å². The van der Waals surface area contributed by atoms with Crippen molar-refractivity contribution in [3.63, 3.8) is 0 Å². The van der Waals surface area contributed by atoms with Crippen LogP contribution in [0.4, 0.5) is 19.0 Å². The molecular weight excluding hydrogens is 537 g/mol. The second-order valence-electron chi connectivity index (χ2n) is 9.54. The van der Waals surface area contributed by atoms with Crippen LogP contribution in [0, 0.1) is 17.7 Å². The number of hydrogen-bond donors (Lipinski definition) is 2. The number of nitrogen functional groups attached to an aromatic ring is 1. The van der Waals surface area contributed by atoms with Crippen molar-refractivity contribution in [2.75, 3.05) is 5.73 Å². The number of nitrogens with one attached hydrogen (secondary N) is 1. The fourth-order valence-corrected chi connectivity index (χ4v) is 5.38. The van der Waals surface area contributed by atoms with Crippen molar-refractivity contribution in [2.45, 2.75) is 30.7 Å². The lowest BCUT2D eigenvalue weighted by Gasteiger charge is -2.15. The van der Waals surface area contributed by atoms with Crippen LogP contribution in [0.1, 0.15) is 37.0 Å². The molecule has 11 nitrogen and oxygen atoms in total. The summed E-state index contributed by atoms with van der Waals surface area (Å²) in [4.78, 5) is 28.7. The average Bonchev–Trinajstić information content (AvgIpc) is 3.20. The lowest BCUT2D eigenvalue weighted by molar-refractivity contribution is 0.528. The number of H-pyrrole nitrogens is 1. The smallest absolute Gasteiger partial charge is 0.254 e. The first kappa shape index (κ1) is 23.5. The van der Waals surface area contributed by atoms with Crippen molar-refractivity contribution in [1.29, 1.82) is 0 Å². The molecule has 1 atom stereocenters. The van der Waals surface area contributed by atoms with Crippen LogP contribution in [-0.2, 0) is 5.41 Å². The maximum Gasteiger partial charge on any atom is 0.254 e. The molecule has 39 heavy (non-hydrogen) atoms. The van der Waals surface area contributed by atoms with E-state index in [1.54, 1.807) is 0 Å². The molecule has 196 valence electrons. The van der Waals surface area contributed by atoms with Crippen LogP contribution in [-0.4, -0.2) is 44.7 Å². The van der Waals surface area contributed by atoms with E-state index in [4.69, 9.17) is 22.3 Å². The topological polar surface area (TPSA) is 146 Å². The van der Waals surface area contributed by atoms with Crippen molar-refractivity contribution >= 4 is 17.4 Å². The lowest BCUT2D eigenvalue weighted by Crippen LogP contribution is -2.26. The van der Waals surface area contributed by atoms with E-state index in [0.717, 1.165) is 12.8 Å². The van der Waals surface area contributed by atoms with Crippen LogP contribution in [0.5, 0.6) is 0 Å². The van der Waals surface area contributed by atoms with Crippen LogP contribution >= 0.6 is 11.6 Å². The van der Waals surface area contributed by atoms with E-state index in [9.17, 15) is 13.6 Å². The van der Waals surface area contributed by atoms with E-state index >= 15 is 4.39 Å². The molecule has 0 unspecified atom stereocenters. The van der Waals surface area contributed by atoms with E-state index in [0.29, 0.717) is 12.2 Å². The molecule has 4 aromatic heterocycles. The molecule has 1 saturated carbocycles. The standard InChI is InChI=1S/C24H16ClF3N10O/c25-11-2-3-13(37-9-30-35-36-37)17(18(11)26)12-7-16(39)38-14(8-24(5-6-24)23(38)31-12)22-33-19(21(28)34-22)10-1-4-15(29)32-20(10)27/h1-4,7,9,14H,5-6,8H2,(H2,29,32)(H,33,34)/t14-/m0/s1. The molecule has 5 aromatic rings. The van der Waals surface area contributed by atoms with Gasteiger partial charge in [0.1, 0.15) is 29.5 Å². The highest BCUT2D eigenvalue weighted by atomic mass is 35.5. The van der Waals surface area contributed by atoms with Gasteiger partial charge in [-0.15, -0.1) is 5.10 Å². The molecule has 0 bridgehead atoms. The van der Waals surface area contributed by atoms with Crippen LogP contribution in [0.3, 0.4) is 0 Å². The fraction of sp³-hybridized carbons (Fsp3) is 0.208. The minimum Gasteiger partial charge on any atom is -0.384 e. The number of imidazole rings is 1. The molecule has 1 spiro atoms. The van der Waals surface area contributed by atoms with Gasteiger partial charge >= 0.3 is 0 Å². The molecule has 1 aliphatic heterocycles. The highest BCUT2D eigenvalue weighted by Crippen LogP contribution is 2.58. The Kier molecular flexibility index (Phi) is 4.95. The number of nitrogens with zero attached hydrogens (tertiary/aromatic N) is 8. The van der Waals surface area contributed by atoms with Crippen LogP contribution in [0.25, 0.3) is 28.2 Å². The van der Waals surface area contributed by atoms with E-state index in [1.807, 2.05) is 0 Å². The predicted octanol–water partition coefficient (Wildman–Crippen LogP) is 3.35. The van der Waals surface area contributed by atoms with Crippen molar-refractivity contribution in [1.82, 2.24) is 44.7 Å². The summed E-state index contributed by atoms with van der Waals surface area (Å²) in [6.45, 7) is 0. The first-order chi connectivity index (χ1) is 18.8. The maximum atomic E-state index is 15.4. The molecular formula is C24H16ClF3N10O. The summed E-state index contributed by atoms with van der Waals surface area (Å²) in [5, 5.41) is 10.9. The summed E-state index contributed by atoms with van der Waals surface area (Å²) in [5.74, 6) is -2.13. The second-order valence-corrected chi connectivity index (χ2v) is 9.95. The largest absolute Gasteiger partial charge is 0.384 e. The Balaban J connectivity index is 1.37. The molecule has 0 saturated heterocycles. The Morgan fingerprint density at radius 3 is 2.64 bits per heavy atom. The Bertz CT molecular complexity index is 1850. The molecule has 1 fully saturated rings. The summed E-state index contributed by atoms with van der Waals surface area (Å²) >= 11 is 6.08. The summed E-state index contributed by atoms with van der Waals surface area (Å²) in [5.41, 5.74) is 4.36. The number of pyridine rings is 1. The molecule has 2 aliphatic rings. The number of fused-ring (bicyclic) bond motifs is 2. The van der Waals surface area contributed by atoms with Gasteiger partial charge in [-0.05, 0) is 54.0 Å². The van der Waals surface area contributed by atoms with Crippen molar-refractivity contribution in [3.05, 3.63) is 81.4 Å². The predicted molar refractivity (Wildman–Crippen MR) is 131 cm³/mol. The first-order valence-electron chi connectivity index (χ1n) is 11.8. The van der Waals surface area contributed by atoms with Gasteiger partial charge in [0.15, 0.2) is 5.82 Å². The summed E-state index contributed by atoms with van der Waals surface area (Å²) in [6.07, 6.45) is 3.15. The van der Waals surface area contributed by atoms with Gasteiger partial charge < -0.3 is 10.7 Å². The fourth-order valence-electron chi connectivity index (χ4n) is 5.22. The quantitative estimate of drug-likeness (QED) is 0.323. The van der Waals surface area contributed by atoms with Crippen molar-refractivity contribution in [3.8, 4) is 28.2 Å². The number of anilines is 1. The van der Waals surface area contributed by atoms with E-state index in [-0.39, 0.29) is 44.9 Å². The monoisotopic (exact) mass is 552 g/mol. The first-order valence-corrected chi connectivity index (χ1v) is 12.2. The van der Waals surface area contributed by atoms with Gasteiger partial charge in [0.2, 0.25) is 11.9 Å². The van der Waals surface area contributed by atoms with E-state index in [1.165, 1.54) is 45.9 Å². The zero-order valence-electron chi connectivity index (χ0n) is 19.7. The number of halogens is 4. The van der Waals surface area contributed by atoms with Gasteiger partial charge in [-0.3, -0.25) is 9.36 Å². The number of nitrogens with two attached hydrogens (primary N) is 1. The number of aromatic amines is 1. The van der Waals surface area contributed by atoms with Crippen molar-refractivity contribution < 1.29 is 13.2 Å². The van der Waals surface area contributed by atoms with Crippen LogP contribution in [0.15, 0.2) is 41.5 Å². The SMILES string of the molecule is Nc1ccc(-c2nc([C@@H]3CC4(CC4)c4nc(-c5c(-n6cnnn6)ccc(Cl)c5F)cc(=O)n43)[nH]c2F)c(F)n1. The summed E-state index contributed by atoms with van der Waals surface area (Å²) in [7, 11) is 0. The molecule has 0 radical (unpaired) electrons. The minimum absolute atomic E-state index is 0.0350. The average molecular weight is 553 g/mol. The van der Waals surface area contributed by atoms with Gasteiger partial charge in [0.25, 0.3) is 5.56 Å². The Morgan fingerprint density at radius 2 is 1.92 bits per heavy atom. The van der Waals surface area contributed by atoms with Gasteiger partial charge in [0, 0.05) is 11.5 Å². The molecule has 0 amide bonds. The molecule has 7 rings (SSSR count). The molecule has 1 aromatic carbocycles. The van der Waals surface area contributed by atoms with Gasteiger partial charge in [-0.25, -0.2) is 19.3 Å². The number of tetrazole rings is 1. The third-order valence-corrected chi connectivity index (χ3v) is 7.51. The highest BCUT2D eigenvalue weighted by Gasteiger charge is 2.55. The molecule has 5 heterocycles. The van der Waals surface area contributed by atoms with Gasteiger partial charge in [0.05, 0.1) is 33.6 Å². The molecule has 1 aliphatic carbocycles. The van der Waals surface area contributed by atoms with Gasteiger partial charge in [-0.2, -0.15) is 13.5 Å². The third kappa shape index (κ3) is 3.55. The number of aromatic nitrogens is 9. The summed E-state index contributed by atoms with van der Waals surface area (Å²) in [6, 6.07) is 5.99. The van der Waals surface area contributed by atoms with Gasteiger partial charge in [-0.1, -0.05) is 11.6 Å². The van der Waals surface area contributed by atoms with Crippen LogP contribution in [0.2, 0.25) is 5.02 Å². The van der Waals surface area contributed by atoms with E-state index in [2.05, 4.69) is 30.5 Å². The van der Waals surface area contributed by atoms with E-state index < -0.39 is 34.7 Å². The Morgan fingerprint density at radius 1 is 1.10 bits per heavy atom. The number of hydrogen-bond acceptors (Lipinski definition) is 8. The zero-order chi connectivity index (χ0) is 27.1. The number of rotatable bonds is 4. The Hall–Kier alpha value is -4.59. The normalized spacial score (nSPS) is 17.1. The zero-order valence-corrected chi connectivity index (χ0v) is 20.5. The highest BCUT2D eigenvalue weighted by molar-refractivity contribution is 6.31. The minimum atomic E-state index is -0.970. The van der Waals surface area contributed by atoms with Crippen LogP contribution < -0.4 is 11.3 Å². The second kappa shape index (κ2) is 8.20. The third-order valence-electron chi connectivity index (χ3n) is 7.22. The maximum absolute atomic E-state index is 15.4. The lowest BCUT2D eigenvalue weighted by atomic mass is 10.0.